The van der Waals surface area contributed by atoms with Crippen LogP contribution in [0.15, 0.2) is 84.8 Å². The van der Waals surface area contributed by atoms with Crippen molar-refractivity contribution in [3.63, 3.8) is 0 Å². The fraction of sp³-hybridized carbons (Fsp3) is 0.531. The van der Waals surface area contributed by atoms with Gasteiger partial charge in [-0.1, -0.05) is 131 Å². The number of hydrogen-bond acceptors (Lipinski definition) is 1. The van der Waals surface area contributed by atoms with E-state index in [0.29, 0.717) is 23.7 Å². The minimum absolute atomic E-state index is 0.592. The van der Waals surface area contributed by atoms with E-state index in [1.165, 1.54) is 23.1 Å². The second-order valence-electron chi connectivity index (χ2n) is 9.27. The van der Waals surface area contributed by atoms with Gasteiger partial charge in [-0.05, 0) is 60.3 Å². The predicted molar refractivity (Wildman–Crippen MR) is 155 cm³/mol. The normalized spacial score (nSPS) is 11.9. The van der Waals surface area contributed by atoms with Gasteiger partial charge in [0.25, 0.3) is 0 Å². The molecule has 0 unspecified atom stereocenters. The van der Waals surface area contributed by atoms with E-state index in [4.69, 9.17) is 0 Å². The Kier molecular flexibility index (Phi) is 26.3. The summed E-state index contributed by atoms with van der Waals surface area (Å²) in [7, 11) is 0. The molecule has 0 radical (unpaired) electrons. The third-order valence-electron chi connectivity index (χ3n) is 4.24. The summed E-state index contributed by atoms with van der Waals surface area (Å²) in [6.45, 7) is 29.6. The quantitative estimate of drug-likeness (QED) is 0.374. The van der Waals surface area contributed by atoms with Crippen LogP contribution in [0.2, 0.25) is 0 Å². The highest BCUT2D eigenvalue weighted by Gasteiger charge is 1.99. The molecule has 0 fully saturated rings. The summed E-state index contributed by atoms with van der Waals surface area (Å²) in [5.41, 5.74) is 4.08. The molecule has 0 aliphatic carbocycles. The smallest absolute Gasteiger partial charge is 0.0302 e. The second-order valence-corrected chi connectivity index (χ2v) is 9.27. The predicted octanol–water partition coefficient (Wildman–Crippen LogP) is 10.8. The van der Waals surface area contributed by atoms with Crippen LogP contribution in [-0.2, 0) is 0 Å². The van der Waals surface area contributed by atoms with Gasteiger partial charge in [-0.15, -0.1) is 0 Å². The number of aromatic nitrogens is 1. The molecule has 0 aromatic carbocycles. The van der Waals surface area contributed by atoms with Crippen LogP contribution in [0.1, 0.15) is 101 Å². The molecule has 33 heavy (non-hydrogen) atoms. The number of rotatable bonds is 7. The first-order valence-corrected chi connectivity index (χ1v) is 12.7. The van der Waals surface area contributed by atoms with Gasteiger partial charge in [-0.2, -0.15) is 0 Å². The molecular weight excluding hydrogens is 398 g/mol. The summed E-state index contributed by atoms with van der Waals surface area (Å²) in [4.78, 5) is 4.01. The van der Waals surface area contributed by atoms with Crippen molar-refractivity contribution in [3.8, 4) is 0 Å². The molecule has 1 nitrogen and oxygen atoms in total. The molecule has 188 valence electrons. The van der Waals surface area contributed by atoms with Crippen LogP contribution in [0.25, 0.3) is 0 Å². The Hall–Kier alpha value is -2.15. The highest BCUT2D eigenvalue weighted by atomic mass is 14.6. The molecule has 0 bridgehead atoms. The van der Waals surface area contributed by atoms with Crippen LogP contribution >= 0.6 is 0 Å². The lowest BCUT2D eigenvalue weighted by Gasteiger charge is -2.07. The van der Waals surface area contributed by atoms with E-state index in [1.807, 2.05) is 31.3 Å². The Labute approximate surface area is 208 Å². The van der Waals surface area contributed by atoms with Gasteiger partial charge in [0.1, 0.15) is 0 Å². The van der Waals surface area contributed by atoms with Crippen molar-refractivity contribution in [2.45, 2.75) is 95.4 Å². The Morgan fingerprint density at radius 3 is 1.64 bits per heavy atom. The van der Waals surface area contributed by atoms with E-state index in [0.717, 1.165) is 0 Å². The minimum Gasteiger partial charge on any atom is -0.264 e. The van der Waals surface area contributed by atoms with E-state index >= 15 is 0 Å². The third kappa shape index (κ3) is 24.3. The van der Waals surface area contributed by atoms with Crippen LogP contribution in [0, 0.1) is 17.8 Å². The van der Waals surface area contributed by atoms with Crippen LogP contribution in [0.3, 0.4) is 0 Å². The maximum Gasteiger partial charge on any atom is 0.0302 e. The van der Waals surface area contributed by atoms with Crippen molar-refractivity contribution >= 4 is 0 Å². The molecule has 0 spiro atoms. The summed E-state index contributed by atoms with van der Waals surface area (Å²) in [6.07, 6.45) is 19.6. The van der Waals surface area contributed by atoms with Crippen LogP contribution < -0.4 is 0 Å². The lowest BCUT2D eigenvalue weighted by atomic mass is 9.99. The van der Waals surface area contributed by atoms with Gasteiger partial charge in [-0.3, -0.25) is 4.98 Å². The van der Waals surface area contributed by atoms with Crippen LogP contribution in [-0.4, -0.2) is 4.98 Å². The van der Waals surface area contributed by atoms with E-state index in [-0.39, 0.29) is 0 Å². The van der Waals surface area contributed by atoms with Gasteiger partial charge in [0, 0.05) is 12.4 Å². The molecule has 0 aliphatic rings. The topological polar surface area (TPSA) is 12.9 Å². The zero-order valence-corrected chi connectivity index (χ0v) is 24.0. The molecule has 1 rings (SSSR count). The monoisotopic (exact) mass is 453 g/mol. The summed E-state index contributed by atoms with van der Waals surface area (Å²) in [6, 6.07) is 4.06. The first-order chi connectivity index (χ1) is 15.5. The van der Waals surface area contributed by atoms with Crippen LogP contribution in [0.5, 0.6) is 0 Å². The average Bonchev–Trinajstić information content (AvgIpc) is 2.75. The van der Waals surface area contributed by atoms with Gasteiger partial charge >= 0.3 is 0 Å². The molecule has 0 aliphatic heterocycles. The standard InChI is InChI=1S/C11H20.C10H16.C8H11N.C3H8/c1-6-7-11(10(4)5)8-9(2)3;1-5-7-10(8-6-2)9(3)4;1-7(2)8-4-3-5-9-6-8;1-3-2/h6-10H,1-5H3;5-9H,1H2,2-4H3;3-7H,1-2H3;3H2,1-2H3/b7-6-,11-8+;8-6-,10-7+;;. The molecule has 0 amide bonds. The zero-order valence-electron chi connectivity index (χ0n) is 24.0. The maximum atomic E-state index is 4.01. The number of hydrogen-bond donors (Lipinski definition) is 0. The van der Waals surface area contributed by atoms with Crippen LogP contribution in [0.4, 0.5) is 0 Å². The van der Waals surface area contributed by atoms with Crippen molar-refractivity contribution in [1.29, 1.82) is 0 Å². The fourth-order valence-corrected chi connectivity index (χ4v) is 2.50. The lowest BCUT2D eigenvalue weighted by molar-refractivity contribution is 0.749. The lowest BCUT2D eigenvalue weighted by Crippen LogP contribution is -1.93. The summed E-state index contributed by atoms with van der Waals surface area (Å²) in [5.74, 6) is 2.49. The number of allylic oxidation sites excluding steroid dienone is 9. The van der Waals surface area contributed by atoms with E-state index in [2.05, 4.69) is 124 Å². The largest absolute Gasteiger partial charge is 0.264 e. The van der Waals surface area contributed by atoms with Crippen molar-refractivity contribution in [1.82, 2.24) is 4.98 Å². The zero-order chi connectivity index (χ0) is 26.2. The van der Waals surface area contributed by atoms with E-state index in [1.54, 1.807) is 6.20 Å². The second kappa shape index (κ2) is 24.5. The molecule has 0 N–H and O–H groups in total. The van der Waals surface area contributed by atoms with Crippen molar-refractivity contribution in [2.24, 2.45) is 17.8 Å². The summed E-state index contributed by atoms with van der Waals surface area (Å²) in [5, 5.41) is 0. The highest BCUT2D eigenvalue weighted by Crippen LogP contribution is 2.14. The summed E-state index contributed by atoms with van der Waals surface area (Å²) >= 11 is 0. The van der Waals surface area contributed by atoms with E-state index < -0.39 is 0 Å². The third-order valence-corrected chi connectivity index (χ3v) is 4.24. The first kappa shape index (κ1) is 35.4. The molecule has 1 heterocycles. The molecule has 0 saturated carbocycles. The molecule has 0 saturated heterocycles. The number of pyridine rings is 1. The molecule has 0 atom stereocenters. The summed E-state index contributed by atoms with van der Waals surface area (Å²) < 4.78 is 0. The SMILES string of the molecule is C/C=C\C(=C/C(C)C)C(C)C.C=C/C=C(\C=C/C)C(C)C.CC(C)c1cccnc1.CCC. The Morgan fingerprint density at radius 1 is 0.879 bits per heavy atom. The molecule has 1 heteroatoms. The number of nitrogens with zero attached hydrogens (tertiary/aromatic N) is 1. The fourth-order valence-electron chi connectivity index (χ4n) is 2.50. The minimum atomic E-state index is 0.592. The Balaban J connectivity index is -0.000000386. The molecule has 1 aromatic rings. The van der Waals surface area contributed by atoms with Gasteiger partial charge < -0.3 is 0 Å². The van der Waals surface area contributed by atoms with Gasteiger partial charge in [0.05, 0.1) is 0 Å². The van der Waals surface area contributed by atoms with Crippen molar-refractivity contribution in [2.75, 3.05) is 0 Å². The highest BCUT2D eigenvalue weighted by molar-refractivity contribution is 5.24. The molecule has 1 aromatic heterocycles. The Morgan fingerprint density at radius 2 is 1.36 bits per heavy atom. The first-order valence-electron chi connectivity index (χ1n) is 12.7. The van der Waals surface area contributed by atoms with Crippen molar-refractivity contribution < 1.29 is 0 Å². The average molecular weight is 454 g/mol. The van der Waals surface area contributed by atoms with Crippen molar-refractivity contribution in [3.05, 3.63) is 90.3 Å². The van der Waals surface area contributed by atoms with Gasteiger partial charge in [-0.25, -0.2) is 0 Å². The van der Waals surface area contributed by atoms with Gasteiger partial charge in [0.15, 0.2) is 0 Å². The Bertz CT molecular complexity index is 668. The van der Waals surface area contributed by atoms with E-state index in [9.17, 15) is 0 Å². The van der Waals surface area contributed by atoms with Gasteiger partial charge in [0.2, 0.25) is 0 Å². The maximum absolute atomic E-state index is 4.01. The molecular formula is C32H55N.